The molecular weight excluding hydrogens is 442 g/mol. The molecule has 0 saturated carbocycles. The van der Waals surface area contributed by atoms with Gasteiger partial charge in [0.05, 0.1) is 25.8 Å². The van der Waals surface area contributed by atoms with Gasteiger partial charge in [0.1, 0.15) is 0 Å². The number of anilines is 2. The average Bonchev–Trinajstić information content (AvgIpc) is 3.22. The first-order valence-corrected chi connectivity index (χ1v) is 12.5. The van der Waals surface area contributed by atoms with E-state index in [1.807, 2.05) is 30.3 Å². The van der Waals surface area contributed by atoms with Gasteiger partial charge in [0, 0.05) is 19.2 Å². The molecule has 8 heteroatoms. The van der Waals surface area contributed by atoms with Crippen LogP contribution in [-0.2, 0) is 21.2 Å². The number of carbonyl (C=O) groups is 1. The van der Waals surface area contributed by atoms with Crippen LogP contribution in [-0.4, -0.2) is 26.4 Å². The van der Waals surface area contributed by atoms with Crippen LogP contribution in [0.2, 0.25) is 0 Å². The lowest BCUT2D eigenvalue weighted by Crippen LogP contribution is -2.26. The zero-order valence-corrected chi connectivity index (χ0v) is 19.2. The summed E-state index contributed by atoms with van der Waals surface area (Å²) in [7, 11) is -2.23. The van der Waals surface area contributed by atoms with Crippen molar-refractivity contribution in [2.24, 2.45) is 0 Å². The molecule has 0 aliphatic heterocycles. The predicted molar refractivity (Wildman–Crippen MR) is 130 cm³/mol. The number of nitrogens with zero attached hydrogens (tertiary/aromatic N) is 2. The van der Waals surface area contributed by atoms with E-state index in [-0.39, 0.29) is 10.8 Å². The number of aromatic nitrogens is 1. The van der Waals surface area contributed by atoms with Gasteiger partial charge in [-0.3, -0.25) is 9.10 Å². The summed E-state index contributed by atoms with van der Waals surface area (Å²) in [5.74, 6) is -0.155. The fraction of sp³-hybridized carbons (Fsp3) is 0.167. The Balaban J connectivity index is 1.37. The first kappa shape index (κ1) is 22.0. The lowest BCUT2D eigenvalue weighted by molar-refractivity contribution is -0.116. The molecule has 3 aromatic carbocycles. The molecule has 0 bridgehead atoms. The van der Waals surface area contributed by atoms with Gasteiger partial charge in [-0.05, 0) is 55.3 Å². The zero-order valence-electron chi connectivity index (χ0n) is 17.6. The maximum atomic E-state index is 13.0. The van der Waals surface area contributed by atoms with E-state index in [4.69, 9.17) is 0 Å². The molecular formula is C24H23N3O3S2. The number of amides is 1. The van der Waals surface area contributed by atoms with Gasteiger partial charge in [-0.1, -0.05) is 36.4 Å². The highest BCUT2D eigenvalue weighted by molar-refractivity contribution is 7.92. The Kier molecular flexibility index (Phi) is 6.53. The number of hydrogen-bond acceptors (Lipinski definition) is 5. The molecule has 0 aliphatic carbocycles. The van der Waals surface area contributed by atoms with Crippen molar-refractivity contribution < 1.29 is 13.2 Å². The molecule has 32 heavy (non-hydrogen) atoms. The number of aryl methyl sites for hydroxylation is 1. The zero-order chi connectivity index (χ0) is 22.6. The maximum absolute atomic E-state index is 13.0. The van der Waals surface area contributed by atoms with Gasteiger partial charge >= 0.3 is 0 Å². The van der Waals surface area contributed by atoms with Crippen molar-refractivity contribution in [1.82, 2.24) is 4.98 Å². The van der Waals surface area contributed by atoms with Crippen LogP contribution in [0.1, 0.15) is 17.8 Å². The second-order valence-electron chi connectivity index (χ2n) is 7.31. The van der Waals surface area contributed by atoms with Gasteiger partial charge < -0.3 is 5.32 Å². The Morgan fingerprint density at radius 2 is 1.75 bits per heavy atom. The van der Waals surface area contributed by atoms with Crippen LogP contribution in [0.5, 0.6) is 0 Å². The second kappa shape index (κ2) is 9.50. The molecule has 1 amide bonds. The van der Waals surface area contributed by atoms with Gasteiger partial charge in [-0.15, -0.1) is 11.3 Å². The SMILES string of the molecule is CN(c1ccccc1)S(=O)(=O)c1cccc(NC(=O)CCCc2nc3ccccc3s2)c1. The van der Waals surface area contributed by atoms with Crippen molar-refractivity contribution in [2.45, 2.75) is 24.2 Å². The number of carbonyl (C=O) groups excluding carboxylic acids is 1. The van der Waals surface area contributed by atoms with Crippen LogP contribution in [0.25, 0.3) is 10.2 Å². The summed E-state index contributed by atoms with van der Waals surface area (Å²) in [4.78, 5) is 17.1. The largest absolute Gasteiger partial charge is 0.326 e. The maximum Gasteiger partial charge on any atom is 0.264 e. The number of sulfonamides is 1. The Hall–Kier alpha value is -3.23. The summed E-state index contributed by atoms with van der Waals surface area (Å²) < 4.78 is 28.3. The van der Waals surface area contributed by atoms with E-state index < -0.39 is 10.0 Å². The van der Waals surface area contributed by atoms with Crippen LogP contribution < -0.4 is 9.62 Å². The Morgan fingerprint density at radius 1 is 1.00 bits per heavy atom. The molecule has 1 N–H and O–H groups in total. The van der Waals surface area contributed by atoms with E-state index in [0.29, 0.717) is 24.2 Å². The predicted octanol–water partition coefficient (Wildman–Crippen LogP) is 5.08. The van der Waals surface area contributed by atoms with Crippen LogP contribution in [0, 0.1) is 0 Å². The fourth-order valence-corrected chi connectivity index (χ4v) is 5.57. The third kappa shape index (κ3) is 4.98. The van der Waals surface area contributed by atoms with Crippen LogP contribution in [0.15, 0.2) is 83.8 Å². The summed E-state index contributed by atoms with van der Waals surface area (Å²) in [5, 5.41) is 3.82. The van der Waals surface area contributed by atoms with Gasteiger partial charge in [-0.2, -0.15) is 0 Å². The van der Waals surface area contributed by atoms with Crippen molar-refractivity contribution in [3.63, 3.8) is 0 Å². The first-order chi connectivity index (χ1) is 15.4. The van der Waals surface area contributed by atoms with E-state index in [2.05, 4.69) is 10.3 Å². The highest BCUT2D eigenvalue weighted by atomic mass is 32.2. The molecule has 0 spiro atoms. The van der Waals surface area contributed by atoms with E-state index in [1.165, 1.54) is 23.5 Å². The number of rotatable bonds is 8. The average molecular weight is 466 g/mol. The quantitative estimate of drug-likeness (QED) is 0.393. The lowest BCUT2D eigenvalue weighted by Gasteiger charge is -2.19. The molecule has 0 unspecified atom stereocenters. The molecule has 4 rings (SSSR count). The van der Waals surface area contributed by atoms with Crippen LogP contribution >= 0.6 is 11.3 Å². The van der Waals surface area contributed by atoms with Gasteiger partial charge in [0.15, 0.2) is 0 Å². The lowest BCUT2D eigenvalue weighted by atomic mass is 10.2. The van der Waals surface area contributed by atoms with E-state index >= 15 is 0 Å². The van der Waals surface area contributed by atoms with Crippen molar-refractivity contribution in [3.05, 3.63) is 83.9 Å². The van der Waals surface area contributed by atoms with E-state index in [9.17, 15) is 13.2 Å². The third-order valence-corrected chi connectivity index (χ3v) is 7.91. The molecule has 0 atom stereocenters. The monoisotopic (exact) mass is 465 g/mol. The molecule has 4 aromatic rings. The molecule has 0 aliphatic rings. The van der Waals surface area contributed by atoms with Crippen molar-refractivity contribution in [3.8, 4) is 0 Å². The van der Waals surface area contributed by atoms with Crippen molar-refractivity contribution in [2.75, 3.05) is 16.7 Å². The fourth-order valence-electron chi connectivity index (χ4n) is 3.32. The van der Waals surface area contributed by atoms with Gasteiger partial charge in [0.2, 0.25) is 5.91 Å². The summed E-state index contributed by atoms with van der Waals surface area (Å²) in [5.41, 5.74) is 2.00. The molecule has 1 heterocycles. The van der Waals surface area contributed by atoms with E-state index in [1.54, 1.807) is 47.7 Å². The van der Waals surface area contributed by atoms with Gasteiger partial charge in [0.25, 0.3) is 10.0 Å². The minimum absolute atomic E-state index is 0.121. The Morgan fingerprint density at radius 3 is 2.53 bits per heavy atom. The Labute approximate surface area is 191 Å². The minimum atomic E-state index is -3.74. The molecule has 0 radical (unpaired) electrons. The first-order valence-electron chi connectivity index (χ1n) is 10.2. The standard InChI is InChI=1S/C24H23N3O3S2/c1-27(19-10-3-2-4-11-19)32(29,30)20-12-7-9-18(17-20)25-23(28)15-8-16-24-26-21-13-5-6-14-22(21)31-24/h2-7,9-14,17H,8,15-16H2,1H3,(H,25,28). The van der Waals surface area contributed by atoms with Gasteiger partial charge in [-0.25, -0.2) is 13.4 Å². The van der Waals surface area contributed by atoms with Crippen molar-refractivity contribution >= 4 is 48.9 Å². The normalized spacial score (nSPS) is 11.4. The molecule has 0 saturated heterocycles. The minimum Gasteiger partial charge on any atom is -0.326 e. The molecule has 164 valence electrons. The number of nitrogens with one attached hydrogen (secondary N) is 1. The smallest absolute Gasteiger partial charge is 0.264 e. The Bertz CT molecular complexity index is 1300. The van der Waals surface area contributed by atoms with E-state index in [0.717, 1.165) is 21.6 Å². The van der Waals surface area contributed by atoms with Crippen LogP contribution in [0.4, 0.5) is 11.4 Å². The summed E-state index contributed by atoms with van der Waals surface area (Å²) in [6.07, 6.45) is 1.72. The number of hydrogen-bond donors (Lipinski definition) is 1. The highest BCUT2D eigenvalue weighted by Gasteiger charge is 2.21. The summed E-state index contributed by atoms with van der Waals surface area (Å²) in [6, 6.07) is 23.2. The number of para-hydroxylation sites is 2. The highest BCUT2D eigenvalue weighted by Crippen LogP contribution is 2.25. The molecule has 0 fully saturated rings. The summed E-state index contributed by atoms with van der Waals surface area (Å²) >= 11 is 1.64. The van der Waals surface area contributed by atoms with Crippen molar-refractivity contribution in [1.29, 1.82) is 0 Å². The number of thiazole rings is 1. The third-order valence-electron chi connectivity index (χ3n) is 5.03. The summed E-state index contributed by atoms with van der Waals surface area (Å²) in [6.45, 7) is 0. The van der Waals surface area contributed by atoms with Crippen LogP contribution in [0.3, 0.4) is 0 Å². The number of fused-ring (bicyclic) bond motifs is 1. The second-order valence-corrected chi connectivity index (χ2v) is 10.4. The number of benzene rings is 3. The molecule has 6 nitrogen and oxygen atoms in total. The molecule has 1 aromatic heterocycles. The topological polar surface area (TPSA) is 79.4 Å².